The zero-order valence-electron chi connectivity index (χ0n) is 9.92. The first-order chi connectivity index (χ1) is 8.29. The van der Waals surface area contributed by atoms with Crippen molar-refractivity contribution in [2.24, 2.45) is 0 Å². The highest BCUT2D eigenvalue weighted by molar-refractivity contribution is 9.08. The molecule has 1 aromatic rings. The first-order valence-electron chi connectivity index (χ1n) is 6.30. The molecule has 1 saturated carbocycles. The summed E-state index contributed by atoms with van der Waals surface area (Å²) in [6, 6.07) is 5.87. The summed E-state index contributed by atoms with van der Waals surface area (Å²) >= 11 is 9.47. The van der Waals surface area contributed by atoms with Gasteiger partial charge in [-0.2, -0.15) is 0 Å². The average Bonchev–Trinajstić information content (AvgIpc) is 2.60. The average molecular weight is 318 g/mol. The van der Waals surface area contributed by atoms with Crippen molar-refractivity contribution in [3.05, 3.63) is 28.8 Å². The molecule has 3 heteroatoms. The van der Waals surface area contributed by atoms with Crippen molar-refractivity contribution in [3.8, 4) is 5.75 Å². The molecule has 0 unspecified atom stereocenters. The van der Waals surface area contributed by atoms with Crippen LogP contribution in [0.15, 0.2) is 18.2 Å². The van der Waals surface area contributed by atoms with Crippen LogP contribution in [0.3, 0.4) is 0 Å². The zero-order valence-corrected chi connectivity index (χ0v) is 12.3. The Kier molecular flexibility index (Phi) is 5.17. The van der Waals surface area contributed by atoms with Crippen LogP contribution in [0.2, 0.25) is 5.02 Å². The maximum Gasteiger partial charge on any atom is 0.123 e. The first kappa shape index (κ1) is 13.2. The molecule has 0 N–H and O–H groups in total. The Hall–Kier alpha value is -0.210. The molecule has 1 aromatic carbocycles. The summed E-state index contributed by atoms with van der Waals surface area (Å²) in [7, 11) is 0. The number of alkyl halides is 1. The molecule has 0 aliphatic heterocycles. The van der Waals surface area contributed by atoms with E-state index in [2.05, 4.69) is 15.9 Å². The fourth-order valence-corrected chi connectivity index (χ4v) is 2.94. The summed E-state index contributed by atoms with van der Waals surface area (Å²) in [5.74, 6) is 0.984. The molecule has 0 saturated heterocycles. The van der Waals surface area contributed by atoms with Crippen LogP contribution in [0.4, 0.5) is 0 Å². The van der Waals surface area contributed by atoms with Gasteiger partial charge < -0.3 is 4.74 Å². The third-order valence-corrected chi connectivity index (χ3v) is 4.10. The molecule has 94 valence electrons. The molecule has 0 heterocycles. The Bertz CT molecular complexity index is 359. The molecular formula is C14H18BrClO. The van der Waals surface area contributed by atoms with Gasteiger partial charge in [0.2, 0.25) is 0 Å². The summed E-state index contributed by atoms with van der Waals surface area (Å²) in [6.45, 7) is 0. The zero-order chi connectivity index (χ0) is 12.1. The fraction of sp³-hybridized carbons (Fsp3) is 0.571. The van der Waals surface area contributed by atoms with E-state index < -0.39 is 0 Å². The third-order valence-electron chi connectivity index (χ3n) is 3.26. The van der Waals surface area contributed by atoms with Gasteiger partial charge >= 0.3 is 0 Å². The SMILES string of the molecule is Clc1ccc(OC2CCCCCC2)c(CBr)c1. The summed E-state index contributed by atoms with van der Waals surface area (Å²) in [6.07, 6.45) is 8.05. The van der Waals surface area contributed by atoms with Gasteiger partial charge in [-0.3, -0.25) is 0 Å². The second-order valence-electron chi connectivity index (χ2n) is 4.62. The van der Waals surface area contributed by atoms with Gasteiger partial charge in [0.05, 0.1) is 6.10 Å². The van der Waals surface area contributed by atoms with Crippen molar-refractivity contribution >= 4 is 27.5 Å². The minimum Gasteiger partial charge on any atom is -0.490 e. The van der Waals surface area contributed by atoms with Crippen molar-refractivity contribution < 1.29 is 4.74 Å². The number of hydrogen-bond acceptors (Lipinski definition) is 1. The highest BCUT2D eigenvalue weighted by Gasteiger charge is 2.15. The van der Waals surface area contributed by atoms with E-state index in [0.29, 0.717) is 6.10 Å². The monoisotopic (exact) mass is 316 g/mol. The number of halogens is 2. The second kappa shape index (κ2) is 6.65. The molecule has 0 radical (unpaired) electrons. The van der Waals surface area contributed by atoms with E-state index in [0.717, 1.165) is 21.7 Å². The van der Waals surface area contributed by atoms with Gasteiger partial charge in [0.1, 0.15) is 5.75 Å². The quantitative estimate of drug-likeness (QED) is 0.540. The van der Waals surface area contributed by atoms with Gasteiger partial charge in [0.15, 0.2) is 0 Å². The molecule has 2 rings (SSSR count). The number of hydrogen-bond donors (Lipinski definition) is 0. The van der Waals surface area contributed by atoms with Crippen molar-refractivity contribution in [2.75, 3.05) is 0 Å². The summed E-state index contributed by atoms with van der Waals surface area (Å²) in [5, 5.41) is 1.56. The van der Waals surface area contributed by atoms with Crippen molar-refractivity contribution in [3.63, 3.8) is 0 Å². The number of benzene rings is 1. The van der Waals surface area contributed by atoms with E-state index in [1.807, 2.05) is 18.2 Å². The molecule has 0 amide bonds. The highest BCUT2D eigenvalue weighted by Crippen LogP contribution is 2.28. The molecule has 0 bridgehead atoms. The van der Waals surface area contributed by atoms with Crippen LogP contribution in [0.1, 0.15) is 44.1 Å². The van der Waals surface area contributed by atoms with Crippen molar-refractivity contribution in [2.45, 2.75) is 50.0 Å². The molecular weight excluding hydrogens is 300 g/mol. The lowest BCUT2D eigenvalue weighted by atomic mass is 10.1. The lowest BCUT2D eigenvalue weighted by Gasteiger charge is -2.19. The molecule has 1 aliphatic rings. The smallest absolute Gasteiger partial charge is 0.123 e. The Morgan fingerprint density at radius 1 is 1.18 bits per heavy atom. The van der Waals surface area contributed by atoms with E-state index in [4.69, 9.17) is 16.3 Å². The van der Waals surface area contributed by atoms with Gasteiger partial charge in [-0.25, -0.2) is 0 Å². The fourth-order valence-electron chi connectivity index (χ4n) is 2.31. The predicted octanol–water partition coefficient (Wildman–Crippen LogP) is 5.34. The largest absolute Gasteiger partial charge is 0.490 e. The number of rotatable bonds is 3. The van der Waals surface area contributed by atoms with Gasteiger partial charge in [0.25, 0.3) is 0 Å². The van der Waals surface area contributed by atoms with Gasteiger partial charge in [-0.1, -0.05) is 40.4 Å². The minimum absolute atomic E-state index is 0.386. The van der Waals surface area contributed by atoms with Gasteiger partial charge in [0, 0.05) is 15.9 Å². The summed E-state index contributed by atoms with van der Waals surface area (Å²) < 4.78 is 6.12. The van der Waals surface area contributed by atoms with Crippen LogP contribution >= 0.6 is 27.5 Å². The van der Waals surface area contributed by atoms with Gasteiger partial charge in [-0.05, 0) is 43.9 Å². The summed E-state index contributed by atoms with van der Waals surface area (Å²) in [4.78, 5) is 0. The maximum absolute atomic E-state index is 6.12. The molecule has 0 spiro atoms. The molecule has 1 nitrogen and oxygen atoms in total. The van der Waals surface area contributed by atoms with Gasteiger partial charge in [-0.15, -0.1) is 0 Å². The Labute approximate surface area is 117 Å². The molecule has 0 aromatic heterocycles. The molecule has 17 heavy (non-hydrogen) atoms. The van der Waals surface area contributed by atoms with Crippen LogP contribution < -0.4 is 4.74 Å². The van der Waals surface area contributed by atoms with E-state index in [-0.39, 0.29) is 0 Å². The van der Waals surface area contributed by atoms with E-state index in [9.17, 15) is 0 Å². The lowest BCUT2D eigenvalue weighted by Crippen LogP contribution is -2.15. The third kappa shape index (κ3) is 3.89. The Balaban J connectivity index is 2.06. The molecule has 1 aliphatic carbocycles. The number of ether oxygens (including phenoxy) is 1. The Morgan fingerprint density at radius 2 is 1.88 bits per heavy atom. The lowest BCUT2D eigenvalue weighted by molar-refractivity contribution is 0.182. The van der Waals surface area contributed by atoms with Crippen LogP contribution in [0.25, 0.3) is 0 Å². The summed E-state index contributed by atoms with van der Waals surface area (Å²) in [5.41, 5.74) is 1.14. The van der Waals surface area contributed by atoms with Crippen LogP contribution in [0.5, 0.6) is 5.75 Å². The van der Waals surface area contributed by atoms with Crippen LogP contribution in [-0.4, -0.2) is 6.10 Å². The normalized spacial score (nSPS) is 17.8. The highest BCUT2D eigenvalue weighted by atomic mass is 79.9. The minimum atomic E-state index is 0.386. The first-order valence-corrected chi connectivity index (χ1v) is 7.80. The maximum atomic E-state index is 6.12. The van der Waals surface area contributed by atoms with Crippen molar-refractivity contribution in [1.29, 1.82) is 0 Å². The van der Waals surface area contributed by atoms with E-state index in [1.54, 1.807) is 0 Å². The topological polar surface area (TPSA) is 9.23 Å². The van der Waals surface area contributed by atoms with Crippen LogP contribution in [-0.2, 0) is 5.33 Å². The molecule has 0 atom stereocenters. The standard InChI is InChI=1S/C14H18BrClO/c15-10-11-9-12(16)7-8-14(11)17-13-5-3-1-2-4-6-13/h7-9,13H,1-6,10H2. The van der Waals surface area contributed by atoms with E-state index >= 15 is 0 Å². The second-order valence-corrected chi connectivity index (χ2v) is 5.61. The van der Waals surface area contributed by atoms with Crippen LogP contribution in [0, 0.1) is 0 Å². The van der Waals surface area contributed by atoms with Crippen molar-refractivity contribution in [1.82, 2.24) is 0 Å². The predicted molar refractivity (Wildman–Crippen MR) is 76.2 cm³/mol. The molecule has 1 fully saturated rings. The van der Waals surface area contributed by atoms with E-state index in [1.165, 1.54) is 38.5 Å². The Morgan fingerprint density at radius 3 is 2.53 bits per heavy atom.